The van der Waals surface area contributed by atoms with E-state index in [1.165, 1.54) is 4.90 Å². The largest absolute Gasteiger partial charge is 0.480 e. The van der Waals surface area contributed by atoms with Crippen molar-refractivity contribution >= 4 is 17.8 Å². The number of hydrogen-bond donors (Lipinski definition) is 2. The average Bonchev–Trinajstić information content (AvgIpc) is 3.24. The van der Waals surface area contributed by atoms with Crippen LogP contribution in [0.25, 0.3) is 0 Å². The number of fused-ring (bicyclic) bond motifs is 1. The Morgan fingerprint density at radius 1 is 1.26 bits per heavy atom. The number of carboxylic acids is 1. The molecule has 5 atom stereocenters. The molecule has 2 fully saturated rings. The first-order chi connectivity index (χ1) is 14.9. The van der Waals surface area contributed by atoms with E-state index in [4.69, 9.17) is 9.47 Å². The Kier molecular flexibility index (Phi) is 8.03. The summed E-state index contributed by atoms with van der Waals surface area (Å²) in [6, 6.07) is 7.52. The van der Waals surface area contributed by atoms with Crippen molar-refractivity contribution in [1.82, 2.24) is 10.2 Å². The molecule has 2 aliphatic heterocycles. The molecule has 2 N–H and O–H groups in total. The molecule has 0 saturated carbocycles. The number of carboxylic acid groups (broad SMARTS) is 1. The zero-order valence-corrected chi connectivity index (χ0v) is 18.2. The van der Waals surface area contributed by atoms with Gasteiger partial charge in [-0.15, -0.1) is 0 Å². The highest BCUT2D eigenvalue weighted by Crippen LogP contribution is 2.34. The van der Waals surface area contributed by atoms with Gasteiger partial charge in [-0.3, -0.25) is 14.9 Å². The van der Waals surface area contributed by atoms with Gasteiger partial charge in [-0.05, 0) is 44.6 Å². The number of aliphatic carboxylic acids is 1. The summed E-state index contributed by atoms with van der Waals surface area (Å²) in [5.41, 5.74) is 1.09. The first-order valence-electron chi connectivity index (χ1n) is 11.0. The van der Waals surface area contributed by atoms with Crippen LogP contribution >= 0.6 is 0 Å². The number of benzene rings is 1. The molecule has 2 saturated heterocycles. The molecule has 2 aliphatic rings. The highest BCUT2D eigenvalue weighted by atomic mass is 16.5. The Labute approximate surface area is 182 Å². The van der Waals surface area contributed by atoms with Crippen molar-refractivity contribution in [3.8, 4) is 0 Å². The SMILES string of the molecule is CCOC(=O)C(CCc1ccccc1)N[C@@H](C)C(=O)N1CCC2COCC2C1C(=O)O. The maximum absolute atomic E-state index is 13.2. The predicted molar refractivity (Wildman–Crippen MR) is 113 cm³/mol. The Hall–Kier alpha value is -2.45. The van der Waals surface area contributed by atoms with Gasteiger partial charge in [0.1, 0.15) is 12.1 Å². The highest BCUT2D eigenvalue weighted by molar-refractivity contribution is 5.88. The molecule has 8 heteroatoms. The summed E-state index contributed by atoms with van der Waals surface area (Å²) in [5, 5.41) is 12.9. The molecule has 0 aliphatic carbocycles. The van der Waals surface area contributed by atoms with Crippen molar-refractivity contribution < 1.29 is 29.0 Å². The molecule has 0 spiro atoms. The van der Waals surface area contributed by atoms with Gasteiger partial charge in [0.25, 0.3) is 0 Å². The average molecular weight is 433 g/mol. The summed E-state index contributed by atoms with van der Waals surface area (Å²) in [6.45, 7) is 4.95. The van der Waals surface area contributed by atoms with E-state index in [0.29, 0.717) is 32.6 Å². The van der Waals surface area contributed by atoms with E-state index in [1.54, 1.807) is 13.8 Å². The standard InChI is InChI=1S/C23H32N2O6/c1-3-31-23(29)19(10-9-16-7-5-4-6-8-16)24-15(2)21(26)25-12-11-17-13-30-14-18(17)20(25)22(27)28/h4-8,15,17-20,24H,3,9-14H2,1-2H3,(H,27,28)/t15-,17?,18?,19?,20?/m0/s1. The third-order valence-corrected chi connectivity index (χ3v) is 6.22. The Balaban J connectivity index is 1.67. The second-order valence-electron chi connectivity index (χ2n) is 8.28. The monoisotopic (exact) mass is 432 g/mol. The molecule has 8 nitrogen and oxygen atoms in total. The van der Waals surface area contributed by atoms with E-state index in [9.17, 15) is 19.5 Å². The summed E-state index contributed by atoms with van der Waals surface area (Å²) in [7, 11) is 0. The zero-order chi connectivity index (χ0) is 22.4. The van der Waals surface area contributed by atoms with Crippen molar-refractivity contribution in [1.29, 1.82) is 0 Å². The van der Waals surface area contributed by atoms with Crippen molar-refractivity contribution in [2.45, 2.75) is 51.2 Å². The van der Waals surface area contributed by atoms with Crippen LogP contribution in [0.2, 0.25) is 0 Å². The van der Waals surface area contributed by atoms with Gasteiger partial charge in [0, 0.05) is 19.1 Å². The van der Waals surface area contributed by atoms with E-state index >= 15 is 0 Å². The summed E-state index contributed by atoms with van der Waals surface area (Å²) in [4.78, 5) is 39.1. The third kappa shape index (κ3) is 5.62. The number of ether oxygens (including phenoxy) is 2. The van der Waals surface area contributed by atoms with Crippen LogP contribution in [0.3, 0.4) is 0 Å². The van der Waals surface area contributed by atoms with Crippen LogP contribution in [0.5, 0.6) is 0 Å². The van der Waals surface area contributed by atoms with Gasteiger partial charge in [0.05, 0.1) is 19.3 Å². The van der Waals surface area contributed by atoms with E-state index < -0.39 is 30.1 Å². The van der Waals surface area contributed by atoms with Gasteiger partial charge in [-0.1, -0.05) is 30.3 Å². The topological polar surface area (TPSA) is 105 Å². The molecule has 2 heterocycles. The van der Waals surface area contributed by atoms with Gasteiger partial charge >= 0.3 is 11.9 Å². The predicted octanol–water partition coefficient (Wildman–Crippen LogP) is 1.48. The molecular formula is C23H32N2O6. The Morgan fingerprint density at radius 3 is 2.68 bits per heavy atom. The number of rotatable bonds is 9. The number of likely N-dealkylation sites (tertiary alicyclic amines) is 1. The van der Waals surface area contributed by atoms with Crippen molar-refractivity contribution in [3.05, 3.63) is 35.9 Å². The normalized spacial score (nSPS) is 24.8. The molecule has 0 radical (unpaired) electrons. The lowest BCUT2D eigenvalue weighted by atomic mass is 9.81. The van der Waals surface area contributed by atoms with Crippen LogP contribution in [0.4, 0.5) is 0 Å². The molecule has 31 heavy (non-hydrogen) atoms. The number of hydrogen-bond acceptors (Lipinski definition) is 6. The second-order valence-corrected chi connectivity index (χ2v) is 8.28. The van der Waals surface area contributed by atoms with Crippen LogP contribution in [0, 0.1) is 11.8 Å². The first-order valence-corrected chi connectivity index (χ1v) is 11.0. The van der Waals surface area contributed by atoms with Gasteiger partial charge < -0.3 is 19.5 Å². The highest BCUT2D eigenvalue weighted by Gasteiger charge is 2.47. The molecule has 1 aromatic carbocycles. The van der Waals surface area contributed by atoms with Gasteiger partial charge in [-0.2, -0.15) is 0 Å². The van der Waals surface area contributed by atoms with Crippen LogP contribution in [-0.4, -0.2) is 72.3 Å². The molecule has 4 unspecified atom stereocenters. The lowest BCUT2D eigenvalue weighted by Gasteiger charge is -2.41. The molecule has 3 rings (SSSR count). The van der Waals surface area contributed by atoms with E-state index in [2.05, 4.69) is 5.32 Å². The number of carbonyl (C=O) groups is 3. The first kappa shape index (κ1) is 23.2. The van der Waals surface area contributed by atoms with Crippen LogP contribution in [0.1, 0.15) is 32.3 Å². The smallest absolute Gasteiger partial charge is 0.326 e. The summed E-state index contributed by atoms with van der Waals surface area (Å²) in [6.07, 6.45) is 1.85. The lowest BCUT2D eigenvalue weighted by molar-refractivity contribution is -0.157. The van der Waals surface area contributed by atoms with E-state index in [0.717, 1.165) is 12.0 Å². The quantitative estimate of drug-likeness (QED) is 0.570. The number of piperidine rings is 1. The van der Waals surface area contributed by atoms with E-state index in [-0.39, 0.29) is 24.3 Å². The molecular weight excluding hydrogens is 400 g/mol. The number of aryl methyl sites for hydroxylation is 1. The van der Waals surface area contributed by atoms with Crippen LogP contribution in [0.15, 0.2) is 30.3 Å². The number of amides is 1. The van der Waals surface area contributed by atoms with Gasteiger partial charge in [0.2, 0.25) is 5.91 Å². The lowest BCUT2D eigenvalue weighted by Crippen LogP contribution is -2.60. The number of nitrogens with one attached hydrogen (secondary N) is 1. The maximum Gasteiger partial charge on any atom is 0.326 e. The molecule has 1 aromatic rings. The zero-order valence-electron chi connectivity index (χ0n) is 18.2. The molecule has 170 valence electrons. The minimum absolute atomic E-state index is 0.173. The fourth-order valence-corrected chi connectivity index (χ4v) is 4.59. The fourth-order valence-electron chi connectivity index (χ4n) is 4.59. The fraction of sp³-hybridized carbons (Fsp3) is 0.609. The van der Waals surface area contributed by atoms with E-state index in [1.807, 2.05) is 30.3 Å². The van der Waals surface area contributed by atoms with Crippen LogP contribution < -0.4 is 5.32 Å². The van der Waals surface area contributed by atoms with Crippen molar-refractivity contribution in [2.24, 2.45) is 11.8 Å². The Bertz CT molecular complexity index is 771. The maximum atomic E-state index is 13.2. The van der Waals surface area contributed by atoms with Gasteiger partial charge in [0.15, 0.2) is 0 Å². The molecule has 1 amide bonds. The van der Waals surface area contributed by atoms with Crippen molar-refractivity contribution in [3.63, 3.8) is 0 Å². The summed E-state index contributed by atoms with van der Waals surface area (Å²) >= 11 is 0. The van der Waals surface area contributed by atoms with Crippen molar-refractivity contribution in [2.75, 3.05) is 26.4 Å². The summed E-state index contributed by atoms with van der Waals surface area (Å²) < 4.78 is 10.7. The third-order valence-electron chi connectivity index (χ3n) is 6.22. The number of carbonyl (C=O) groups excluding carboxylic acids is 2. The molecule has 0 bridgehead atoms. The second kappa shape index (κ2) is 10.7. The van der Waals surface area contributed by atoms with Gasteiger partial charge in [-0.25, -0.2) is 4.79 Å². The number of esters is 1. The van der Waals surface area contributed by atoms with Crippen LogP contribution in [-0.2, 0) is 30.3 Å². The summed E-state index contributed by atoms with van der Waals surface area (Å²) in [5.74, 6) is -1.75. The molecule has 0 aromatic heterocycles. The minimum Gasteiger partial charge on any atom is -0.480 e. The number of nitrogens with zero attached hydrogens (tertiary/aromatic N) is 1. The Morgan fingerprint density at radius 2 is 2.00 bits per heavy atom. The minimum atomic E-state index is -1.01.